The molecule has 1 heterocycles. The topological polar surface area (TPSA) is 9.23 Å². The van der Waals surface area contributed by atoms with Crippen molar-refractivity contribution in [2.24, 2.45) is 0 Å². The predicted molar refractivity (Wildman–Crippen MR) is 95.2 cm³/mol. The minimum atomic E-state index is -6.49. The highest BCUT2D eigenvalue weighted by Gasteiger charge is 2.81. The van der Waals surface area contributed by atoms with Crippen molar-refractivity contribution in [2.75, 3.05) is 0 Å². The minimum Gasteiger partial charge on any atom is -0.457 e. The summed E-state index contributed by atoms with van der Waals surface area (Å²) in [4.78, 5) is 0. The molecule has 1 aliphatic rings. The lowest BCUT2D eigenvalue weighted by Crippen LogP contribution is -2.63. The number of halogens is 7. The first-order chi connectivity index (χ1) is 14.0. The van der Waals surface area contributed by atoms with Crippen LogP contribution in [0.25, 0.3) is 0 Å². The fourth-order valence-corrected chi connectivity index (χ4v) is 3.93. The number of alkyl halides is 7. The summed E-state index contributed by atoms with van der Waals surface area (Å²) in [6, 6.07) is 16.4. The highest BCUT2D eigenvalue weighted by Crippen LogP contribution is 2.64. The molecule has 0 amide bonds. The van der Waals surface area contributed by atoms with Crippen molar-refractivity contribution in [3.8, 4) is 11.5 Å². The average molecular weight is 426 g/mol. The smallest absolute Gasteiger partial charge is 0.457 e. The van der Waals surface area contributed by atoms with Crippen LogP contribution in [0.4, 0.5) is 30.7 Å². The molecule has 156 valence electrons. The van der Waals surface area contributed by atoms with E-state index >= 15 is 8.78 Å². The van der Waals surface area contributed by atoms with Crippen LogP contribution < -0.4 is 4.74 Å². The van der Waals surface area contributed by atoms with Gasteiger partial charge < -0.3 is 4.74 Å². The highest BCUT2D eigenvalue weighted by atomic mass is 19.4. The second-order valence-electron chi connectivity index (χ2n) is 6.86. The zero-order valence-electron chi connectivity index (χ0n) is 15.1. The summed E-state index contributed by atoms with van der Waals surface area (Å²) in [7, 11) is 0. The third-order valence-electron chi connectivity index (χ3n) is 5.23. The van der Waals surface area contributed by atoms with Gasteiger partial charge in [0.2, 0.25) is 0 Å². The number of benzene rings is 3. The first-order valence-electron chi connectivity index (χ1n) is 8.80. The van der Waals surface area contributed by atoms with Crippen molar-refractivity contribution in [2.45, 2.75) is 23.4 Å². The number of fused-ring (bicyclic) bond motifs is 2. The Kier molecular flexibility index (Phi) is 4.38. The Balaban J connectivity index is 2.20. The molecule has 1 aliphatic heterocycles. The molecule has 0 saturated heterocycles. The molecule has 0 unspecified atom stereocenters. The van der Waals surface area contributed by atoms with Crippen molar-refractivity contribution < 1.29 is 35.5 Å². The quantitative estimate of drug-likeness (QED) is 0.412. The predicted octanol–water partition coefficient (Wildman–Crippen LogP) is 6.96. The Hall–Kier alpha value is -3.03. The van der Waals surface area contributed by atoms with Crippen molar-refractivity contribution in [3.63, 3.8) is 0 Å². The summed E-state index contributed by atoms with van der Waals surface area (Å²) >= 11 is 0. The first-order valence-corrected chi connectivity index (χ1v) is 8.80. The van der Waals surface area contributed by atoms with Crippen LogP contribution in [0.15, 0.2) is 78.9 Å². The molecule has 3 aromatic rings. The van der Waals surface area contributed by atoms with Gasteiger partial charge in [-0.2, -0.15) is 30.7 Å². The normalized spacial score (nSPS) is 15.7. The van der Waals surface area contributed by atoms with Crippen LogP contribution in [0.5, 0.6) is 11.5 Å². The SMILES string of the molecule is FC(F)(F)C(F)(F)C(F)(F)C1(c2ccccc2)c2ccccc2Oc2ccccc21. The average Bonchev–Trinajstić information content (AvgIpc) is 2.71. The molecule has 0 fully saturated rings. The maximum absolute atomic E-state index is 15.8. The molecule has 4 rings (SSSR count). The van der Waals surface area contributed by atoms with Gasteiger partial charge in [-0.05, 0) is 17.7 Å². The van der Waals surface area contributed by atoms with Crippen LogP contribution in [0.3, 0.4) is 0 Å². The molecule has 0 saturated carbocycles. The first kappa shape index (κ1) is 20.3. The molecule has 0 spiro atoms. The fourth-order valence-electron chi connectivity index (χ4n) is 3.93. The second-order valence-corrected chi connectivity index (χ2v) is 6.86. The van der Waals surface area contributed by atoms with E-state index in [4.69, 9.17) is 4.74 Å². The molecule has 0 atom stereocenters. The molecule has 1 nitrogen and oxygen atoms in total. The highest BCUT2D eigenvalue weighted by molar-refractivity contribution is 5.65. The van der Waals surface area contributed by atoms with Gasteiger partial charge in [0.1, 0.15) is 16.9 Å². The van der Waals surface area contributed by atoms with E-state index in [1.165, 1.54) is 54.6 Å². The van der Waals surface area contributed by atoms with Crippen molar-refractivity contribution in [1.82, 2.24) is 0 Å². The number of hydrogen-bond donors (Lipinski definition) is 0. The molecular formula is C22H13F7O. The Bertz CT molecular complexity index is 1030. The van der Waals surface area contributed by atoms with Gasteiger partial charge >= 0.3 is 18.0 Å². The zero-order chi connectivity index (χ0) is 21.8. The summed E-state index contributed by atoms with van der Waals surface area (Å²) in [5.74, 6) is -12.4. The van der Waals surface area contributed by atoms with Gasteiger partial charge in [-0.1, -0.05) is 66.7 Å². The zero-order valence-corrected chi connectivity index (χ0v) is 15.1. The summed E-state index contributed by atoms with van der Waals surface area (Å²) < 4.78 is 106. The number of hydrogen-bond acceptors (Lipinski definition) is 1. The largest absolute Gasteiger partial charge is 0.459 e. The molecule has 8 heteroatoms. The van der Waals surface area contributed by atoms with Crippen LogP contribution in [0.2, 0.25) is 0 Å². The van der Waals surface area contributed by atoms with Gasteiger partial charge in [0, 0.05) is 11.1 Å². The molecular weight excluding hydrogens is 413 g/mol. The third-order valence-corrected chi connectivity index (χ3v) is 5.23. The second kappa shape index (κ2) is 6.48. The Morgan fingerprint density at radius 3 is 1.47 bits per heavy atom. The van der Waals surface area contributed by atoms with Crippen LogP contribution in [-0.4, -0.2) is 18.0 Å². The Morgan fingerprint density at radius 1 is 0.567 bits per heavy atom. The van der Waals surface area contributed by atoms with Gasteiger partial charge in [0.15, 0.2) is 0 Å². The molecule has 3 aromatic carbocycles. The van der Waals surface area contributed by atoms with Crippen LogP contribution in [-0.2, 0) is 5.41 Å². The summed E-state index contributed by atoms with van der Waals surface area (Å²) in [5.41, 5.74) is -4.53. The van der Waals surface area contributed by atoms with E-state index in [-0.39, 0.29) is 11.5 Å². The lowest BCUT2D eigenvalue weighted by atomic mass is 9.62. The third kappa shape index (κ3) is 2.49. The molecule has 30 heavy (non-hydrogen) atoms. The summed E-state index contributed by atoms with van der Waals surface area (Å²) in [6.07, 6.45) is -6.49. The molecule has 0 aromatic heterocycles. The molecule has 0 radical (unpaired) electrons. The number of rotatable bonds is 3. The maximum atomic E-state index is 15.8. The van der Waals surface area contributed by atoms with Crippen molar-refractivity contribution in [1.29, 1.82) is 0 Å². The van der Waals surface area contributed by atoms with Crippen LogP contribution in [0, 0.1) is 0 Å². The van der Waals surface area contributed by atoms with Gasteiger partial charge in [-0.15, -0.1) is 0 Å². The maximum Gasteiger partial charge on any atom is 0.459 e. The Morgan fingerprint density at radius 2 is 1.00 bits per heavy atom. The lowest BCUT2D eigenvalue weighted by Gasteiger charge is -2.47. The minimum absolute atomic E-state index is 0.224. The van der Waals surface area contributed by atoms with Gasteiger partial charge in [-0.3, -0.25) is 0 Å². The van der Waals surface area contributed by atoms with Crippen molar-refractivity contribution in [3.05, 3.63) is 95.6 Å². The van der Waals surface area contributed by atoms with Gasteiger partial charge in [-0.25, -0.2) is 0 Å². The van der Waals surface area contributed by atoms with Crippen LogP contribution in [0.1, 0.15) is 16.7 Å². The Labute approximate surface area is 166 Å². The van der Waals surface area contributed by atoms with Gasteiger partial charge in [0.05, 0.1) is 0 Å². The summed E-state index contributed by atoms with van der Waals surface area (Å²) in [5, 5.41) is 0. The van der Waals surface area contributed by atoms with E-state index in [1.54, 1.807) is 0 Å². The van der Waals surface area contributed by atoms with Crippen molar-refractivity contribution >= 4 is 0 Å². The lowest BCUT2D eigenvalue weighted by molar-refractivity contribution is -0.364. The van der Waals surface area contributed by atoms with E-state index in [0.717, 1.165) is 24.3 Å². The molecule has 0 N–H and O–H groups in total. The standard InChI is InChI=1S/C22H13F7O/c23-20(24,21(25,26)22(27,28)29)19(14-8-2-1-3-9-14)15-10-4-6-12-17(15)30-18-13-7-5-11-16(18)19/h1-13H. The van der Waals surface area contributed by atoms with E-state index < -0.39 is 40.1 Å². The van der Waals surface area contributed by atoms with E-state index in [0.29, 0.717) is 0 Å². The number of ether oxygens (including phenoxy) is 1. The van der Waals surface area contributed by atoms with E-state index in [2.05, 4.69) is 0 Å². The molecule has 0 aliphatic carbocycles. The fraction of sp³-hybridized carbons (Fsp3) is 0.182. The van der Waals surface area contributed by atoms with E-state index in [1.807, 2.05) is 0 Å². The summed E-state index contributed by atoms with van der Waals surface area (Å²) in [6.45, 7) is 0. The van der Waals surface area contributed by atoms with Crippen LogP contribution >= 0.6 is 0 Å². The van der Waals surface area contributed by atoms with Gasteiger partial charge in [0.25, 0.3) is 0 Å². The van der Waals surface area contributed by atoms with E-state index in [9.17, 15) is 22.0 Å². The monoisotopic (exact) mass is 426 g/mol. The number of para-hydroxylation sites is 2. The molecule has 0 bridgehead atoms.